The summed E-state index contributed by atoms with van der Waals surface area (Å²) < 4.78 is 0. The Bertz CT molecular complexity index is 331. The lowest BCUT2D eigenvalue weighted by Crippen LogP contribution is -2.33. The van der Waals surface area contributed by atoms with Crippen LogP contribution in [0.3, 0.4) is 0 Å². The third-order valence-electron chi connectivity index (χ3n) is 2.93. The Morgan fingerprint density at radius 2 is 2.00 bits per heavy atom. The van der Waals surface area contributed by atoms with Gasteiger partial charge < -0.3 is 5.11 Å². The zero-order valence-electron chi connectivity index (χ0n) is 8.30. The lowest BCUT2D eigenvalue weighted by Gasteiger charge is -2.29. The molecule has 0 bridgehead atoms. The minimum absolute atomic E-state index is 0.422. The van der Waals surface area contributed by atoms with Crippen LogP contribution in [0.2, 0.25) is 19.1 Å². The van der Waals surface area contributed by atoms with Gasteiger partial charge in [-0.15, -0.1) is 0 Å². The number of fused-ring (bicyclic) bond motifs is 1. The second-order valence-corrected chi connectivity index (χ2v) is 9.98. The van der Waals surface area contributed by atoms with Crippen LogP contribution in [0.25, 0.3) is 0 Å². The molecule has 1 aromatic carbocycles. The van der Waals surface area contributed by atoms with Gasteiger partial charge in [-0.05, 0) is 35.7 Å². The van der Waals surface area contributed by atoms with E-state index in [4.69, 9.17) is 0 Å². The Labute approximate surface area is 80.4 Å². The fourth-order valence-electron chi connectivity index (χ4n) is 2.10. The summed E-state index contributed by atoms with van der Waals surface area (Å²) in [6, 6.07) is 8.46. The molecule has 2 heteroatoms. The van der Waals surface area contributed by atoms with E-state index in [-0.39, 0.29) is 0 Å². The first kappa shape index (κ1) is 8.82. The lowest BCUT2D eigenvalue weighted by molar-refractivity contribution is 0.474. The van der Waals surface area contributed by atoms with Crippen molar-refractivity contribution < 1.29 is 5.11 Å². The van der Waals surface area contributed by atoms with Gasteiger partial charge in [0.25, 0.3) is 0 Å². The van der Waals surface area contributed by atoms with Crippen LogP contribution in [0.5, 0.6) is 5.75 Å². The van der Waals surface area contributed by atoms with Gasteiger partial charge in [-0.25, -0.2) is 0 Å². The zero-order valence-corrected chi connectivity index (χ0v) is 9.30. The molecule has 1 aromatic rings. The molecule has 0 saturated heterocycles. The minimum Gasteiger partial charge on any atom is -0.508 e. The first-order valence-electron chi connectivity index (χ1n) is 4.88. The van der Waals surface area contributed by atoms with Gasteiger partial charge in [-0.1, -0.05) is 25.2 Å². The first-order valence-corrected chi connectivity index (χ1v) is 8.29. The van der Waals surface area contributed by atoms with E-state index in [1.54, 1.807) is 6.07 Å². The summed E-state index contributed by atoms with van der Waals surface area (Å²) in [6.07, 6.45) is 1.22. The molecule has 0 fully saturated rings. The predicted octanol–water partition coefficient (Wildman–Crippen LogP) is 2.74. The molecule has 1 heterocycles. The molecule has 0 saturated carbocycles. The summed E-state index contributed by atoms with van der Waals surface area (Å²) >= 11 is 0. The van der Waals surface area contributed by atoms with E-state index in [9.17, 15) is 5.11 Å². The molecule has 2 rings (SSSR count). The molecule has 0 amide bonds. The van der Waals surface area contributed by atoms with Crippen LogP contribution in [-0.4, -0.2) is 13.2 Å². The molecule has 0 radical (unpaired) electrons. The summed E-state index contributed by atoms with van der Waals surface area (Å²) in [7, 11) is -0.976. The van der Waals surface area contributed by atoms with Crippen molar-refractivity contribution in [1.82, 2.24) is 0 Å². The van der Waals surface area contributed by atoms with E-state index in [2.05, 4.69) is 19.2 Å². The molecule has 0 aromatic heterocycles. The fourth-order valence-corrected chi connectivity index (χ4v) is 4.58. The maximum atomic E-state index is 9.37. The number of aryl methyl sites for hydroxylation is 1. The Hall–Kier alpha value is -0.763. The van der Waals surface area contributed by atoms with Crippen LogP contribution in [0.15, 0.2) is 18.2 Å². The van der Waals surface area contributed by atoms with Crippen molar-refractivity contribution in [3.8, 4) is 5.75 Å². The number of phenols is 1. The third-order valence-corrected chi connectivity index (χ3v) is 5.87. The molecule has 1 N–H and O–H groups in total. The monoisotopic (exact) mass is 192 g/mol. The van der Waals surface area contributed by atoms with Crippen molar-refractivity contribution in [3.05, 3.63) is 29.3 Å². The molecule has 0 aliphatic carbocycles. The molecule has 1 aliphatic rings. The summed E-state index contributed by atoms with van der Waals surface area (Å²) in [4.78, 5) is 0. The van der Waals surface area contributed by atoms with Gasteiger partial charge in [0.2, 0.25) is 0 Å². The number of rotatable bonds is 0. The van der Waals surface area contributed by atoms with Crippen LogP contribution in [0.4, 0.5) is 0 Å². The molecule has 0 atom stereocenters. The van der Waals surface area contributed by atoms with Crippen molar-refractivity contribution in [2.75, 3.05) is 0 Å². The highest BCUT2D eigenvalue weighted by Gasteiger charge is 2.26. The molecule has 1 aliphatic heterocycles. The maximum absolute atomic E-state index is 9.37. The van der Waals surface area contributed by atoms with E-state index < -0.39 is 8.07 Å². The van der Waals surface area contributed by atoms with Gasteiger partial charge in [0.1, 0.15) is 5.75 Å². The summed E-state index contributed by atoms with van der Waals surface area (Å²) in [5.41, 5.74) is 2.84. The molecule has 0 spiro atoms. The number of hydrogen-bond donors (Lipinski definition) is 1. The molecule has 13 heavy (non-hydrogen) atoms. The zero-order chi connectivity index (χ0) is 9.47. The van der Waals surface area contributed by atoms with Gasteiger partial charge in [-0.2, -0.15) is 0 Å². The van der Waals surface area contributed by atoms with Crippen LogP contribution in [0, 0.1) is 0 Å². The second-order valence-electron chi connectivity index (χ2n) is 4.79. The van der Waals surface area contributed by atoms with E-state index in [1.165, 1.54) is 29.6 Å². The normalized spacial score (nSPS) is 19.5. The number of hydrogen-bond acceptors (Lipinski definition) is 1. The van der Waals surface area contributed by atoms with Crippen molar-refractivity contribution in [1.29, 1.82) is 0 Å². The molecular weight excluding hydrogens is 176 g/mol. The minimum atomic E-state index is -0.976. The standard InChI is InChI=1S/C11H16OSi/c1-13(2)6-5-9-3-4-11(12)7-10(9)8-13/h3-4,7,12H,5-6,8H2,1-2H3. The number of benzene rings is 1. The van der Waals surface area contributed by atoms with Gasteiger partial charge in [-0.3, -0.25) is 0 Å². The predicted molar refractivity (Wildman–Crippen MR) is 57.8 cm³/mol. The van der Waals surface area contributed by atoms with Gasteiger partial charge in [0.05, 0.1) is 8.07 Å². The molecule has 70 valence electrons. The van der Waals surface area contributed by atoms with Crippen molar-refractivity contribution in [2.45, 2.75) is 31.6 Å². The second kappa shape index (κ2) is 2.88. The summed E-state index contributed by atoms with van der Waals surface area (Å²) in [6.45, 7) is 4.86. The van der Waals surface area contributed by atoms with Crippen LogP contribution in [0.1, 0.15) is 11.1 Å². The average molecular weight is 192 g/mol. The quantitative estimate of drug-likeness (QED) is 0.627. The average Bonchev–Trinajstić information content (AvgIpc) is 2.01. The van der Waals surface area contributed by atoms with Gasteiger partial charge >= 0.3 is 0 Å². The van der Waals surface area contributed by atoms with Crippen LogP contribution >= 0.6 is 0 Å². The Morgan fingerprint density at radius 3 is 2.77 bits per heavy atom. The Balaban J connectivity index is 2.38. The lowest BCUT2D eigenvalue weighted by atomic mass is 10.1. The highest BCUT2D eigenvalue weighted by molar-refractivity contribution is 6.77. The van der Waals surface area contributed by atoms with E-state index in [0.717, 1.165) is 0 Å². The van der Waals surface area contributed by atoms with Crippen molar-refractivity contribution in [2.24, 2.45) is 0 Å². The van der Waals surface area contributed by atoms with Gasteiger partial charge in [0, 0.05) is 0 Å². The van der Waals surface area contributed by atoms with Crippen molar-refractivity contribution in [3.63, 3.8) is 0 Å². The maximum Gasteiger partial charge on any atom is 0.115 e. The Morgan fingerprint density at radius 1 is 1.23 bits per heavy atom. The number of phenolic OH excluding ortho intramolecular Hbond substituents is 1. The third kappa shape index (κ3) is 1.78. The summed E-state index contributed by atoms with van der Waals surface area (Å²) in [5, 5.41) is 9.37. The van der Waals surface area contributed by atoms with Crippen molar-refractivity contribution >= 4 is 8.07 Å². The molecule has 0 unspecified atom stereocenters. The van der Waals surface area contributed by atoms with Gasteiger partial charge in [0.15, 0.2) is 0 Å². The topological polar surface area (TPSA) is 20.2 Å². The van der Waals surface area contributed by atoms with E-state index in [1.807, 2.05) is 6.07 Å². The van der Waals surface area contributed by atoms with E-state index in [0.29, 0.717) is 5.75 Å². The van der Waals surface area contributed by atoms with Crippen LogP contribution in [-0.2, 0) is 12.5 Å². The number of aromatic hydroxyl groups is 1. The SMILES string of the molecule is C[Si]1(C)CCc2ccc(O)cc2C1. The van der Waals surface area contributed by atoms with Crippen LogP contribution < -0.4 is 0 Å². The highest BCUT2D eigenvalue weighted by Crippen LogP contribution is 2.29. The first-order chi connectivity index (χ1) is 6.07. The smallest absolute Gasteiger partial charge is 0.115 e. The summed E-state index contributed by atoms with van der Waals surface area (Å²) in [5.74, 6) is 0.422. The van der Waals surface area contributed by atoms with E-state index >= 15 is 0 Å². The molecule has 1 nitrogen and oxygen atoms in total. The largest absolute Gasteiger partial charge is 0.508 e. The fraction of sp³-hybridized carbons (Fsp3) is 0.455. The Kier molecular flexibility index (Phi) is 1.95. The molecular formula is C11H16OSi. The highest BCUT2D eigenvalue weighted by atomic mass is 28.3.